The van der Waals surface area contributed by atoms with Crippen LogP contribution < -0.4 is 25.9 Å². The largest absolute Gasteiger partial charge is 0.493 e. The van der Waals surface area contributed by atoms with Gasteiger partial charge < -0.3 is 20.5 Å². The number of anilines is 3. The van der Waals surface area contributed by atoms with Crippen molar-refractivity contribution >= 4 is 40.1 Å². The Kier molecular flexibility index (Phi) is 7.15. The minimum Gasteiger partial charge on any atom is -0.493 e. The van der Waals surface area contributed by atoms with Crippen LogP contribution in [0.15, 0.2) is 52.9 Å². The molecule has 0 saturated carbocycles. The van der Waals surface area contributed by atoms with Crippen molar-refractivity contribution in [1.29, 1.82) is 0 Å². The first kappa shape index (κ1) is 22.9. The van der Waals surface area contributed by atoms with E-state index in [2.05, 4.69) is 20.8 Å². The lowest BCUT2D eigenvalue weighted by Gasteiger charge is -2.12. The van der Waals surface area contributed by atoms with Crippen molar-refractivity contribution in [2.45, 2.75) is 6.18 Å². The zero-order chi connectivity index (χ0) is 23.1. The SMILES string of the molecule is COc1cc(C=NNc2nc(N)cs2)ccc1OCC(=O)Nc1cccc(C(F)(F)F)c1. The predicted molar refractivity (Wildman–Crippen MR) is 116 cm³/mol. The van der Waals surface area contributed by atoms with Gasteiger partial charge in [0, 0.05) is 11.1 Å². The summed E-state index contributed by atoms with van der Waals surface area (Å²) in [6.45, 7) is -0.424. The summed E-state index contributed by atoms with van der Waals surface area (Å²) in [6.07, 6.45) is -2.97. The van der Waals surface area contributed by atoms with Crippen molar-refractivity contribution < 1.29 is 27.4 Å². The number of methoxy groups -OCH3 is 1. The Bertz CT molecular complexity index is 1120. The van der Waals surface area contributed by atoms with E-state index in [1.807, 2.05) is 0 Å². The van der Waals surface area contributed by atoms with Gasteiger partial charge in [0.2, 0.25) is 5.13 Å². The Morgan fingerprint density at radius 3 is 2.75 bits per heavy atom. The molecule has 0 saturated heterocycles. The van der Waals surface area contributed by atoms with E-state index in [-0.39, 0.29) is 11.4 Å². The minimum atomic E-state index is -4.50. The van der Waals surface area contributed by atoms with Crippen molar-refractivity contribution in [2.75, 3.05) is 30.2 Å². The first-order chi connectivity index (χ1) is 15.2. The molecule has 1 heterocycles. The molecule has 8 nitrogen and oxygen atoms in total. The van der Waals surface area contributed by atoms with Crippen LogP contribution in [0.5, 0.6) is 11.5 Å². The number of amides is 1. The van der Waals surface area contributed by atoms with E-state index >= 15 is 0 Å². The summed E-state index contributed by atoms with van der Waals surface area (Å²) < 4.78 is 49.1. The standard InChI is InChI=1S/C20H18F3N5O3S/c1-30-16-7-12(9-25-28-19-27-17(24)11-32-19)5-6-15(16)31-10-18(29)26-14-4-2-3-13(8-14)20(21,22)23/h2-9,11H,10,24H2,1H3,(H,26,29)(H,27,28). The van der Waals surface area contributed by atoms with Crippen LogP contribution in [0.25, 0.3) is 0 Å². The van der Waals surface area contributed by atoms with Crippen LogP contribution in [0.3, 0.4) is 0 Å². The van der Waals surface area contributed by atoms with Gasteiger partial charge >= 0.3 is 6.18 Å². The lowest BCUT2D eigenvalue weighted by atomic mass is 10.2. The van der Waals surface area contributed by atoms with Gasteiger partial charge in [-0.3, -0.25) is 10.2 Å². The van der Waals surface area contributed by atoms with Crippen molar-refractivity contribution in [1.82, 2.24) is 4.98 Å². The summed E-state index contributed by atoms with van der Waals surface area (Å²) in [7, 11) is 1.43. The average Bonchev–Trinajstić information content (AvgIpc) is 3.17. The molecular formula is C20H18F3N5O3S. The van der Waals surface area contributed by atoms with E-state index in [0.29, 0.717) is 22.3 Å². The second-order valence-electron chi connectivity index (χ2n) is 6.27. The van der Waals surface area contributed by atoms with Crippen molar-refractivity contribution in [3.05, 3.63) is 59.0 Å². The molecule has 1 amide bonds. The number of thiazole rings is 1. The number of alkyl halides is 3. The number of benzene rings is 2. The Morgan fingerprint density at radius 1 is 1.25 bits per heavy atom. The number of hydrazone groups is 1. The van der Waals surface area contributed by atoms with Crippen LogP contribution in [-0.4, -0.2) is 30.8 Å². The average molecular weight is 465 g/mol. The maximum Gasteiger partial charge on any atom is 0.416 e. The van der Waals surface area contributed by atoms with Crippen LogP contribution in [0.2, 0.25) is 0 Å². The number of carbonyl (C=O) groups excluding carboxylic acids is 1. The zero-order valence-electron chi connectivity index (χ0n) is 16.6. The van der Waals surface area contributed by atoms with E-state index in [1.54, 1.807) is 23.6 Å². The highest BCUT2D eigenvalue weighted by Gasteiger charge is 2.30. The first-order valence-electron chi connectivity index (χ1n) is 9.02. The fourth-order valence-electron chi connectivity index (χ4n) is 2.50. The topological polar surface area (TPSA) is 111 Å². The maximum atomic E-state index is 12.8. The highest BCUT2D eigenvalue weighted by Crippen LogP contribution is 2.31. The molecule has 0 bridgehead atoms. The first-order valence-corrected chi connectivity index (χ1v) is 9.90. The van der Waals surface area contributed by atoms with Gasteiger partial charge in [-0.2, -0.15) is 18.3 Å². The second kappa shape index (κ2) is 10.0. The van der Waals surface area contributed by atoms with E-state index in [4.69, 9.17) is 15.2 Å². The molecule has 0 radical (unpaired) electrons. The fourth-order valence-corrected chi connectivity index (χ4v) is 3.05. The van der Waals surface area contributed by atoms with Crippen molar-refractivity contribution in [2.24, 2.45) is 5.10 Å². The molecule has 4 N–H and O–H groups in total. The van der Waals surface area contributed by atoms with Gasteiger partial charge in [-0.25, -0.2) is 4.98 Å². The number of aromatic nitrogens is 1. The van der Waals surface area contributed by atoms with E-state index < -0.39 is 24.3 Å². The number of rotatable bonds is 8. The van der Waals surface area contributed by atoms with Gasteiger partial charge in [0.05, 0.1) is 18.9 Å². The van der Waals surface area contributed by atoms with Crippen molar-refractivity contribution in [3.63, 3.8) is 0 Å². The number of nitrogen functional groups attached to an aromatic ring is 1. The van der Waals surface area contributed by atoms with Gasteiger partial charge in [0.1, 0.15) is 5.82 Å². The molecule has 1 aromatic heterocycles. The third-order valence-electron chi connectivity index (χ3n) is 3.92. The molecule has 2 aromatic carbocycles. The molecule has 0 fully saturated rings. The predicted octanol–water partition coefficient (Wildman–Crippen LogP) is 4.22. The molecule has 0 aliphatic heterocycles. The van der Waals surface area contributed by atoms with E-state index in [1.165, 1.54) is 36.8 Å². The molecule has 0 spiro atoms. The lowest BCUT2D eigenvalue weighted by molar-refractivity contribution is -0.137. The number of halogens is 3. The molecule has 3 aromatic rings. The number of nitrogens with two attached hydrogens (primary N) is 1. The van der Waals surface area contributed by atoms with Crippen LogP contribution >= 0.6 is 11.3 Å². The number of hydrogen-bond donors (Lipinski definition) is 3. The van der Waals surface area contributed by atoms with Gasteiger partial charge in [-0.05, 0) is 42.0 Å². The molecule has 0 unspecified atom stereocenters. The zero-order valence-corrected chi connectivity index (χ0v) is 17.5. The Morgan fingerprint density at radius 2 is 2.06 bits per heavy atom. The van der Waals surface area contributed by atoms with E-state index in [0.717, 1.165) is 12.1 Å². The Balaban J connectivity index is 1.58. The van der Waals surface area contributed by atoms with Gasteiger partial charge in [-0.1, -0.05) is 6.07 Å². The van der Waals surface area contributed by atoms with Crippen LogP contribution in [0.4, 0.5) is 29.8 Å². The Hall–Kier alpha value is -3.80. The van der Waals surface area contributed by atoms with Crippen molar-refractivity contribution in [3.8, 4) is 11.5 Å². The summed E-state index contributed by atoms with van der Waals surface area (Å²) in [5.41, 5.74) is 8.12. The third kappa shape index (κ3) is 6.35. The maximum absolute atomic E-state index is 12.8. The molecule has 3 rings (SSSR count). The van der Waals surface area contributed by atoms with Crippen LogP contribution in [-0.2, 0) is 11.0 Å². The number of carbonyl (C=O) groups is 1. The van der Waals surface area contributed by atoms with Gasteiger partial charge in [0.25, 0.3) is 5.91 Å². The lowest BCUT2D eigenvalue weighted by Crippen LogP contribution is -2.20. The summed E-state index contributed by atoms with van der Waals surface area (Å²) in [6, 6.07) is 9.24. The quantitative estimate of drug-likeness (QED) is 0.339. The number of nitrogens with zero attached hydrogens (tertiary/aromatic N) is 2. The number of ether oxygens (including phenoxy) is 2. The highest BCUT2D eigenvalue weighted by molar-refractivity contribution is 7.14. The normalized spacial score (nSPS) is 11.4. The molecule has 12 heteroatoms. The monoisotopic (exact) mass is 465 g/mol. The molecule has 0 atom stereocenters. The Labute approximate surface area is 184 Å². The molecule has 0 aliphatic rings. The van der Waals surface area contributed by atoms with Crippen LogP contribution in [0, 0.1) is 0 Å². The smallest absolute Gasteiger partial charge is 0.416 e. The summed E-state index contributed by atoms with van der Waals surface area (Å²) >= 11 is 1.31. The minimum absolute atomic E-state index is 0.0152. The van der Waals surface area contributed by atoms with Gasteiger partial charge in [-0.15, -0.1) is 11.3 Å². The second-order valence-corrected chi connectivity index (χ2v) is 7.13. The number of nitrogens with one attached hydrogen (secondary N) is 2. The number of hydrogen-bond acceptors (Lipinski definition) is 8. The molecular weight excluding hydrogens is 447 g/mol. The summed E-state index contributed by atoms with van der Waals surface area (Å²) in [4.78, 5) is 16.1. The molecule has 32 heavy (non-hydrogen) atoms. The highest BCUT2D eigenvalue weighted by atomic mass is 32.1. The van der Waals surface area contributed by atoms with Crippen LogP contribution in [0.1, 0.15) is 11.1 Å². The fraction of sp³-hybridized carbons (Fsp3) is 0.150. The summed E-state index contributed by atoms with van der Waals surface area (Å²) in [5.74, 6) is 0.403. The van der Waals surface area contributed by atoms with E-state index in [9.17, 15) is 18.0 Å². The van der Waals surface area contributed by atoms with Gasteiger partial charge in [0.15, 0.2) is 18.1 Å². The molecule has 0 aliphatic carbocycles. The molecule has 168 valence electrons. The summed E-state index contributed by atoms with van der Waals surface area (Å²) in [5, 5.41) is 8.64. The third-order valence-corrected chi connectivity index (χ3v) is 4.68.